The van der Waals surface area contributed by atoms with Crippen LogP contribution in [0, 0.1) is 28.5 Å². The fourth-order valence-electron chi connectivity index (χ4n) is 6.54. The summed E-state index contributed by atoms with van der Waals surface area (Å²) in [5.41, 5.74) is 5.01. The average Bonchev–Trinajstić information content (AvgIpc) is 2.93. The minimum Gasteiger partial charge on any atom is -0.353 e. The number of amides is 1. The molecule has 2 saturated carbocycles. The maximum atomic E-state index is 13.8. The lowest BCUT2D eigenvalue weighted by molar-refractivity contribution is -0.116. The molecule has 4 atom stereocenters. The summed E-state index contributed by atoms with van der Waals surface area (Å²) in [6, 6.07) is 1.61. The number of carbonyl (C=O) groups is 1. The second-order valence-corrected chi connectivity index (χ2v) is 9.34. The molecule has 3 aliphatic carbocycles. The molecule has 146 valence electrons. The minimum absolute atomic E-state index is 0.0347. The first kappa shape index (κ1) is 17.8. The number of halogens is 1. The number of hydrogen-bond acceptors (Lipinski definition) is 2. The lowest BCUT2D eigenvalue weighted by Crippen LogP contribution is -2.46. The molecule has 1 amide bonds. The van der Waals surface area contributed by atoms with Crippen LogP contribution in [0.3, 0.4) is 0 Å². The van der Waals surface area contributed by atoms with Crippen LogP contribution in [-0.4, -0.2) is 17.4 Å². The highest BCUT2D eigenvalue weighted by atomic mass is 19.1. The van der Waals surface area contributed by atoms with Crippen LogP contribution < -0.4 is 5.32 Å². The lowest BCUT2D eigenvalue weighted by Gasteiger charge is -2.55. The van der Waals surface area contributed by atoms with Gasteiger partial charge in [-0.15, -0.1) is 0 Å². The van der Waals surface area contributed by atoms with Crippen molar-refractivity contribution in [2.24, 2.45) is 22.7 Å². The van der Waals surface area contributed by atoms with Gasteiger partial charge in [0.05, 0.1) is 6.20 Å². The van der Waals surface area contributed by atoms with Gasteiger partial charge in [0.15, 0.2) is 0 Å². The van der Waals surface area contributed by atoms with Crippen molar-refractivity contribution in [3.05, 3.63) is 59.2 Å². The average molecular weight is 378 g/mol. The van der Waals surface area contributed by atoms with Gasteiger partial charge in [0.2, 0.25) is 5.91 Å². The zero-order valence-corrected chi connectivity index (χ0v) is 16.6. The van der Waals surface area contributed by atoms with Gasteiger partial charge < -0.3 is 5.32 Å². The van der Waals surface area contributed by atoms with E-state index in [-0.39, 0.29) is 22.6 Å². The van der Waals surface area contributed by atoms with E-state index in [1.54, 1.807) is 12.3 Å². The predicted octanol–water partition coefficient (Wildman–Crippen LogP) is 4.82. The fraction of sp³-hybridized carbons (Fsp3) is 0.500. The predicted molar refractivity (Wildman–Crippen MR) is 108 cm³/mol. The zero-order chi connectivity index (χ0) is 19.5. The molecule has 28 heavy (non-hydrogen) atoms. The molecule has 2 heterocycles. The third-order valence-electron chi connectivity index (χ3n) is 8.04. The van der Waals surface area contributed by atoms with Gasteiger partial charge in [-0.05, 0) is 66.6 Å². The highest BCUT2D eigenvalue weighted by Crippen LogP contribution is 2.64. The van der Waals surface area contributed by atoms with Crippen LogP contribution in [-0.2, 0) is 4.79 Å². The molecule has 0 aromatic carbocycles. The molecule has 0 radical (unpaired) electrons. The number of carbonyl (C=O) groups excluding carboxylic acids is 1. The van der Waals surface area contributed by atoms with E-state index in [1.165, 1.54) is 22.9 Å². The van der Waals surface area contributed by atoms with Crippen LogP contribution in [0.25, 0.3) is 5.57 Å². The Morgan fingerprint density at radius 1 is 1.18 bits per heavy atom. The smallest absolute Gasteiger partial charge is 0.243 e. The molecule has 3 nitrogen and oxygen atoms in total. The molecule has 1 N–H and O–H groups in total. The van der Waals surface area contributed by atoms with Crippen molar-refractivity contribution >= 4 is 11.5 Å². The number of pyridine rings is 1. The Morgan fingerprint density at radius 3 is 2.86 bits per heavy atom. The number of nitrogens with zero attached hydrogens (tertiary/aromatic N) is 1. The van der Waals surface area contributed by atoms with Gasteiger partial charge in [0.1, 0.15) is 5.82 Å². The molecule has 0 bridgehead atoms. The first-order chi connectivity index (χ1) is 13.4. The minimum atomic E-state index is -0.278. The van der Waals surface area contributed by atoms with Gasteiger partial charge in [-0.2, -0.15) is 0 Å². The number of allylic oxidation sites excluding steroid dienone is 5. The van der Waals surface area contributed by atoms with E-state index in [9.17, 15) is 9.18 Å². The van der Waals surface area contributed by atoms with Gasteiger partial charge in [0.25, 0.3) is 0 Å². The van der Waals surface area contributed by atoms with Gasteiger partial charge in [-0.1, -0.05) is 37.1 Å². The zero-order valence-electron chi connectivity index (χ0n) is 16.6. The van der Waals surface area contributed by atoms with E-state index >= 15 is 0 Å². The van der Waals surface area contributed by atoms with Gasteiger partial charge in [-0.3, -0.25) is 9.78 Å². The van der Waals surface area contributed by atoms with Gasteiger partial charge in [0, 0.05) is 24.2 Å². The molecular formula is C24H27FN2O. The Balaban J connectivity index is 1.49. The second-order valence-electron chi connectivity index (χ2n) is 9.34. The topological polar surface area (TPSA) is 42.0 Å². The monoisotopic (exact) mass is 378 g/mol. The van der Waals surface area contributed by atoms with Crippen molar-refractivity contribution in [1.82, 2.24) is 10.3 Å². The number of fused-ring (bicyclic) bond motifs is 5. The van der Waals surface area contributed by atoms with Crippen LogP contribution in [0.15, 0.2) is 47.8 Å². The molecule has 1 aliphatic heterocycles. The van der Waals surface area contributed by atoms with Crippen molar-refractivity contribution in [3.8, 4) is 0 Å². The summed E-state index contributed by atoms with van der Waals surface area (Å²) < 4.78 is 13.8. The van der Waals surface area contributed by atoms with Crippen LogP contribution in [0.2, 0.25) is 0 Å². The highest BCUT2D eigenvalue weighted by Gasteiger charge is 2.54. The van der Waals surface area contributed by atoms with Crippen LogP contribution in [0.5, 0.6) is 0 Å². The van der Waals surface area contributed by atoms with Crippen molar-refractivity contribution in [2.75, 3.05) is 6.54 Å². The first-order valence-corrected chi connectivity index (χ1v) is 10.4. The Labute approximate surface area is 165 Å². The Morgan fingerprint density at radius 2 is 2.04 bits per heavy atom. The van der Waals surface area contributed by atoms with E-state index in [0.29, 0.717) is 11.8 Å². The van der Waals surface area contributed by atoms with Crippen molar-refractivity contribution in [3.63, 3.8) is 0 Å². The summed E-state index contributed by atoms with van der Waals surface area (Å²) in [5.74, 6) is 0.891. The van der Waals surface area contributed by atoms with Gasteiger partial charge in [-0.25, -0.2) is 4.39 Å². The molecule has 5 rings (SSSR count). The molecular weight excluding hydrogens is 351 g/mol. The molecule has 4 heteroatoms. The summed E-state index contributed by atoms with van der Waals surface area (Å²) in [7, 11) is 0. The summed E-state index contributed by atoms with van der Waals surface area (Å²) in [6.07, 6.45) is 14.7. The normalized spacial score (nSPS) is 36.8. The van der Waals surface area contributed by atoms with Crippen molar-refractivity contribution in [1.29, 1.82) is 0 Å². The largest absolute Gasteiger partial charge is 0.353 e. The SMILES string of the molecule is C[C@]12CCC3C(CCC4=CC(=O)NCC[C@@]43C)C1=CC=C2c1cncc(F)c1. The number of rotatable bonds is 1. The summed E-state index contributed by atoms with van der Waals surface area (Å²) in [4.78, 5) is 16.1. The number of nitrogens with one attached hydrogen (secondary N) is 1. The van der Waals surface area contributed by atoms with E-state index in [2.05, 4.69) is 36.3 Å². The lowest BCUT2D eigenvalue weighted by atomic mass is 9.49. The van der Waals surface area contributed by atoms with Crippen LogP contribution in [0.1, 0.15) is 51.5 Å². The summed E-state index contributed by atoms with van der Waals surface area (Å²) >= 11 is 0. The highest BCUT2D eigenvalue weighted by molar-refractivity contribution is 5.89. The Kier molecular flexibility index (Phi) is 3.91. The molecule has 0 saturated heterocycles. The molecule has 1 aromatic rings. The molecule has 2 fully saturated rings. The fourth-order valence-corrected chi connectivity index (χ4v) is 6.54. The molecule has 0 spiro atoms. The quantitative estimate of drug-likeness (QED) is 0.761. The third kappa shape index (κ3) is 2.46. The molecule has 2 unspecified atom stereocenters. The molecule has 4 aliphatic rings. The standard InChI is InChI=1S/C24H27FN2O/c1-23-9-10-27-22(28)12-16(23)3-4-18-20-6-5-19(15-11-17(25)14-26-13-15)24(20,2)8-7-21(18)23/h5-6,11-14,18,21H,3-4,7-10H2,1-2H3,(H,27,28)/t18?,21?,23-,24+/m0/s1. The third-order valence-corrected chi connectivity index (χ3v) is 8.04. The van der Waals surface area contributed by atoms with Crippen molar-refractivity contribution < 1.29 is 9.18 Å². The van der Waals surface area contributed by atoms with Crippen LogP contribution in [0.4, 0.5) is 4.39 Å². The number of aromatic nitrogens is 1. The Hall–Kier alpha value is -2.23. The van der Waals surface area contributed by atoms with E-state index in [0.717, 1.165) is 44.2 Å². The summed E-state index contributed by atoms with van der Waals surface area (Å²) in [5, 5.41) is 3.03. The maximum Gasteiger partial charge on any atom is 0.243 e. The maximum absolute atomic E-state index is 13.8. The van der Waals surface area contributed by atoms with E-state index < -0.39 is 0 Å². The van der Waals surface area contributed by atoms with Gasteiger partial charge >= 0.3 is 0 Å². The summed E-state index contributed by atoms with van der Waals surface area (Å²) in [6.45, 7) is 5.46. The van der Waals surface area contributed by atoms with E-state index in [1.807, 2.05) is 6.08 Å². The number of hydrogen-bond donors (Lipinski definition) is 1. The second kappa shape index (κ2) is 6.13. The van der Waals surface area contributed by atoms with Crippen LogP contribution >= 0.6 is 0 Å². The van der Waals surface area contributed by atoms with E-state index in [4.69, 9.17) is 0 Å². The Bertz CT molecular complexity index is 946. The first-order valence-electron chi connectivity index (χ1n) is 10.4. The van der Waals surface area contributed by atoms with Crippen molar-refractivity contribution in [2.45, 2.75) is 46.0 Å². The molecule has 1 aromatic heterocycles.